The second kappa shape index (κ2) is 6.56. The van der Waals surface area contributed by atoms with Crippen LogP contribution in [0, 0.1) is 0 Å². The van der Waals surface area contributed by atoms with Crippen LogP contribution in [0.1, 0.15) is 0 Å². The summed E-state index contributed by atoms with van der Waals surface area (Å²) in [4.78, 5) is 14.7. The molecule has 0 bridgehead atoms. The number of hydrogen-bond acceptors (Lipinski definition) is 5. The molecule has 0 N–H and O–H groups in total. The van der Waals surface area contributed by atoms with Crippen LogP contribution in [0.15, 0.2) is 15.9 Å². The number of hydrogen-bond donors (Lipinski definition) is 0. The Balaban J connectivity index is 1.86. The zero-order valence-corrected chi connectivity index (χ0v) is 11.8. The lowest BCUT2D eigenvalue weighted by Gasteiger charge is -2.26. The summed E-state index contributed by atoms with van der Waals surface area (Å²) in [5, 5.41) is 4.23. The number of morpholine rings is 1. The largest absolute Gasteiger partial charge is 0.379 e. The summed E-state index contributed by atoms with van der Waals surface area (Å²) in [6.45, 7) is 4.53. The highest BCUT2D eigenvalue weighted by Gasteiger charge is 2.11. The summed E-state index contributed by atoms with van der Waals surface area (Å²) >= 11 is 7.57. The number of thioether (sulfide) groups is 1. The Morgan fingerprint density at radius 2 is 2.22 bits per heavy atom. The molecule has 7 heteroatoms. The maximum atomic E-state index is 11.6. The molecule has 0 spiro atoms. The van der Waals surface area contributed by atoms with Crippen molar-refractivity contribution in [1.29, 1.82) is 0 Å². The van der Waals surface area contributed by atoms with E-state index in [1.807, 2.05) is 0 Å². The van der Waals surface area contributed by atoms with Crippen molar-refractivity contribution in [3.63, 3.8) is 0 Å². The minimum Gasteiger partial charge on any atom is -0.379 e. The normalized spacial score (nSPS) is 17.0. The Hall–Kier alpha value is -0.560. The average molecular weight is 290 g/mol. The second-order valence-corrected chi connectivity index (χ2v) is 5.57. The van der Waals surface area contributed by atoms with Crippen molar-refractivity contribution in [3.8, 4) is 0 Å². The Bertz CT molecular complexity index is 460. The number of halogens is 1. The predicted octanol–water partition coefficient (Wildman–Crippen LogP) is 0.858. The zero-order valence-electron chi connectivity index (χ0n) is 10.3. The van der Waals surface area contributed by atoms with Crippen molar-refractivity contribution in [1.82, 2.24) is 14.7 Å². The third-order valence-electron chi connectivity index (χ3n) is 2.81. The van der Waals surface area contributed by atoms with E-state index in [1.54, 1.807) is 25.0 Å². The molecule has 1 fully saturated rings. The molecule has 1 aliphatic heterocycles. The molecule has 1 aromatic rings. The first-order chi connectivity index (χ1) is 8.68. The Kier molecular flexibility index (Phi) is 5.05. The van der Waals surface area contributed by atoms with Gasteiger partial charge < -0.3 is 4.74 Å². The van der Waals surface area contributed by atoms with E-state index in [0.29, 0.717) is 0 Å². The average Bonchev–Trinajstić information content (AvgIpc) is 2.40. The molecule has 0 radical (unpaired) electrons. The third kappa shape index (κ3) is 3.47. The fraction of sp³-hybridized carbons (Fsp3) is 0.636. The number of aromatic nitrogens is 2. The van der Waals surface area contributed by atoms with Crippen molar-refractivity contribution >= 4 is 23.4 Å². The van der Waals surface area contributed by atoms with Gasteiger partial charge in [-0.1, -0.05) is 11.6 Å². The van der Waals surface area contributed by atoms with Gasteiger partial charge in [-0.15, -0.1) is 11.8 Å². The smallest absolute Gasteiger partial charge is 0.286 e. The standard InChI is InChI=1S/C11H16ClN3O2S/c1-14-11(16)10(12)9(8-13-14)18-7-4-15-2-5-17-6-3-15/h8H,2-7H2,1H3. The molecule has 0 saturated carbocycles. The lowest BCUT2D eigenvalue weighted by molar-refractivity contribution is 0.0410. The van der Waals surface area contributed by atoms with Crippen molar-refractivity contribution in [2.45, 2.75) is 4.90 Å². The molecule has 1 saturated heterocycles. The van der Waals surface area contributed by atoms with Gasteiger partial charge in [-0.05, 0) is 0 Å². The highest BCUT2D eigenvalue weighted by Crippen LogP contribution is 2.22. The summed E-state index contributed by atoms with van der Waals surface area (Å²) < 4.78 is 6.53. The van der Waals surface area contributed by atoms with Crippen molar-refractivity contribution < 1.29 is 4.74 Å². The van der Waals surface area contributed by atoms with Crippen LogP contribution in [0.3, 0.4) is 0 Å². The molecule has 0 unspecified atom stereocenters. The van der Waals surface area contributed by atoms with Crippen LogP contribution in [0.5, 0.6) is 0 Å². The van der Waals surface area contributed by atoms with Gasteiger partial charge in [-0.3, -0.25) is 9.69 Å². The minimum absolute atomic E-state index is 0.243. The predicted molar refractivity (Wildman–Crippen MR) is 72.5 cm³/mol. The topological polar surface area (TPSA) is 47.4 Å². The first-order valence-corrected chi connectivity index (χ1v) is 7.19. The number of nitrogens with zero attached hydrogens (tertiary/aromatic N) is 3. The van der Waals surface area contributed by atoms with Gasteiger partial charge in [0.1, 0.15) is 5.02 Å². The maximum Gasteiger partial charge on any atom is 0.286 e. The third-order valence-corrected chi connectivity index (χ3v) is 4.30. The highest BCUT2D eigenvalue weighted by atomic mass is 35.5. The monoisotopic (exact) mass is 289 g/mol. The van der Waals surface area contributed by atoms with Gasteiger partial charge >= 0.3 is 0 Å². The summed E-state index contributed by atoms with van der Waals surface area (Å²) in [6, 6.07) is 0. The zero-order chi connectivity index (χ0) is 13.0. The molecular weight excluding hydrogens is 274 g/mol. The summed E-state index contributed by atoms with van der Waals surface area (Å²) in [5.41, 5.74) is -0.243. The molecule has 2 heterocycles. The van der Waals surface area contributed by atoms with Crippen LogP contribution < -0.4 is 5.56 Å². The molecule has 0 aliphatic carbocycles. The van der Waals surface area contributed by atoms with Crippen LogP contribution in [-0.4, -0.2) is 53.3 Å². The molecule has 1 aromatic heterocycles. The van der Waals surface area contributed by atoms with E-state index in [-0.39, 0.29) is 10.6 Å². The molecule has 0 atom stereocenters. The Morgan fingerprint density at radius 1 is 1.50 bits per heavy atom. The lowest BCUT2D eigenvalue weighted by atomic mass is 10.4. The Morgan fingerprint density at radius 3 is 2.94 bits per heavy atom. The molecule has 100 valence electrons. The van der Waals surface area contributed by atoms with E-state index in [2.05, 4.69) is 10.00 Å². The van der Waals surface area contributed by atoms with Crippen LogP contribution in [0.4, 0.5) is 0 Å². The number of rotatable bonds is 4. The molecule has 5 nitrogen and oxygen atoms in total. The van der Waals surface area contributed by atoms with E-state index in [4.69, 9.17) is 16.3 Å². The van der Waals surface area contributed by atoms with Gasteiger partial charge in [0.05, 0.1) is 24.3 Å². The summed E-state index contributed by atoms with van der Waals surface area (Å²) in [7, 11) is 1.59. The number of ether oxygens (including phenoxy) is 1. The lowest BCUT2D eigenvalue weighted by Crippen LogP contribution is -2.37. The molecule has 1 aliphatic rings. The van der Waals surface area contributed by atoms with Gasteiger partial charge in [0.15, 0.2) is 0 Å². The van der Waals surface area contributed by atoms with Gasteiger partial charge in [0.2, 0.25) is 0 Å². The second-order valence-electron chi connectivity index (χ2n) is 4.05. The van der Waals surface area contributed by atoms with E-state index < -0.39 is 0 Å². The summed E-state index contributed by atoms with van der Waals surface area (Å²) in [5.74, 6) is 0.897. The Labute approximate surface area is 115 Å². The van der Waals surface area contributed by atoms with Crippen LogP contribution in [0.2, 0.25) is 5.02 Å². The van der Waals surface area contributed by atoms with Crippen molar-refractivity contribution in [2.24, 2.45) is 7.05 Å². The van der Waals surface area contributed by atoms with Gasteiger partial charge in [-0.2, -0.15) is 5.10 Å². The molecular formula is C11H16ClN3O2S. The maximum absolute atomic E-state index is 11.6. The first kappa shape index (κ1) is 13.9. The molecule has 18 heavy (non-hydrogen) atoms. The van der Waals surface area contributed by atoms with E-state index in [9.17, 15) is 4.79 Å². The van der Waals surface area contributed by atoms with Crippen LogP contribution >= 0.6 is 23.4 Å². The first-order valence-electron chi connectivity index (χ1n) is 5.83. The fourth-order valence-corrected chi connectivity index (χ4v) is 2.95. The molecule has 0 amide bonds. The van der Waals surface area contributed by atoms with Crippen LogP contribution in [0.25, 0.3) is 0 Å². The van der Waals surface area contributed by atoms with Gasteiger partial charge in [-0.25, -0.2) is 4.68 Å². The van der Waals surface area contributed by atoms with Crippen molar-refractivity contribution in [2.75, 3.05) is 38.6 Å². The molecule has 0 aromatic carbocycles. The van der Waals surface area contributed by atoms with Crippen molar-refractivity contribution in [3.05, 3.63) is 21.6 Å². The van der Waals surface area contributed by atoms with E-state index >= 15 is 0 Å². The minimum atomic E-state index is -0.243. The molecule has 2 rings (SSSR count). The SMILES string of the molecule is Cn1ncc(SCCN2CCOCC2)c(Cl)c1=O. The van der Waals surface area contributed by atoms with Crippen LogP contribution in [-0.2, 0) is 11.8 Å². The van der Waals surface area contributed by atoms with E-state index in [0.717, 1.165) is 43.5 Å². The van der Waals surface area contributed by atoms with E-state index in [1.165, 1.54) is 4.68 Å². The quantitative estimate of drug-likeness (QED) is 0.770. The number of aryl methyl sites for hydroxylation is 1. The fourth-order valence-electron chi connectivity index (χ4n) is 1.71. The van der Waals surface area contributed by atoms with Gasteiger partial charge in [0.25, 0.3) is 5.56 Å². The van der Waals surface area contributed by atoms with Gasteiger partial charge in [0, 0.05) is 32.4 Å². The highest BCUT2D eigenvalue weighted by molar-refractivity contribution is 7.99. The summed E-state index contributed by atoms with van der Waals surface area (Å²) in [6.07, 6.45) is 1.65.